The first kappa shape index (κ1) is 38.1. The fourth-order valence-electron chi connectivity index (χ4n) is 2.50. The van der Waals surface area contributed by atoms with Gasteiger partial charge in [-0.3, -0.25) is 4.79 Å². The lowest BCUT2D eigenvalue weighted by Crippen LogP contribution is -1.99. The van der Waals surface area contributed by atoms with Crippen molar-refractivity contribution in [3.63, 3.8) is 0 Å². The Kier molecular flexibility index (Phi) is 42.1. The minimum absolute atomic E-state index is 0.195. The number of hydrogen-bond acceptors (Lipinski definition) is 2. The van der Waals surface area contributed by atoms with Gasteiger partial charge in [-0.2, -0.15) is 0 Å². The zero-order chi connectivity index (χ0) is 27.4. The Labute approximate surface area is 225 Å². The van der Waals surface area contributed by atoms with Crippen molar-refractivity contribution in [2.45, 2.75) is 131 Å². The number of ether oxygens (including phenoxy) is 1. The number of rotatable bonds is 15. The van der Waals surface area contributed by atoms with Crippen LogP contribution in [-0.2, 0) is 9.53 Å². The van der Waals surface area contributed by atoms with Crippen LogP contribution in [-0.4, -0.2) is 12.6 Å². The van der Waals surface area contributed by atoms with Gasteiger partial charge in [0.1, 0.15) is 0 Å². The van der Waals surface area contributed by atoms with Crippen LogP contribution in [0.2, 0.25) is 0 Å². The number of allylic oxidation sites excluding steroid dienone is 8. The van der Waals surface area contributed by atoms with Crippen molar-refractivity contribution >= 4 is 5.97 Å². The number of unbranched alkanes of at least 4 members (excludes halogenated alkanes) is 5. The van der Waals surface area contributed by atoms with Crippen LogP contribution in [0.5, 0.6) is 0 Å². The summed E-state index contributed by atoms with van der Waals surface area (Å²) in [5, 5.41) is 0. The number of esters is 1. The van der Waals surface area contributed by atoms with E-state index < -0.39 is 0 Å². The number of carbonyl (C=O) groups is 1. The smallest absolute Gasteiger partial charge is 0.302 e. The SMILES string of the molecule is CC/C=C\C/C=C\CCCC.CC/C=C\C/C=C\CCCOC(C)=O.CCC#CCC#CCCCC. The molecule has 0 amide bonds. The second-order valence-corrected chi connectivity index (χ2v) is 8.14. The molecule has 0 atom stereocenters. The predicted octanol–water partition coefficient (Wildman–Crippen LogP) is 10.3. The molecule has 0 saturated carbocycles. The molecule has 0 fully saturated rings. The first-order valence-electron chi connectivity index (χ1n) is 14.2. The number of carbonyl (C=O) groups excluding carboxylic acids is 1. The van der Waals surface area contributed by atoms with Crippen LogP contribution in [0, 0.1) is 23.7 Å². The van der Waals surface area contributed by atoms with Crippen LogP contribution < -0.4 is 0 Å². The van der Waals surface area contributed by atoms with Crippen LogP contribution in [0.4, 0.5) is 0 Å². The molecule has 204 valence electrons. The standard InChI is InChI=1S/C12H20O2.C11H20.C11H16/c1-3-4-5-6-7-8-9-10-11-14-12(2)13;2*1-3-5-7-9-11-10-8-6-4-2/h4-5,7-8H,3,6,9-11H2,1-2H3;5,7,10-11H,3-4,6,8-9H2,1-2H3;3-5,7,10H2,1-2H3/b5-4-,8-7-;7-5-,11-10-;. The molecule has 0 spiro atoms. The molecule has 0 saturated heterocycles. The lowest BCUT2D eigenvalue weighted by atomic mass is 10.2. The second-order valence-electron chi connectivity index (χ2n) is 8.14. The van der Waals surface area contributed by atoms with E-state index in [1.54, 1.807) is 0 Å². The highest BCUT2D eigenvalue weighted by Gasteiger charge is 1.89. The molecule has 0 unspecified atom stereocenters. The van der Waals surface area contributed by atoms with Crippen LogP contribution >= 0.6 is 0 Å². The van der Waals surface area contributed by atoms with Gasteiger partial charge < -0.3 is 4.74 Å². The van der Waals surface area contributed by atoms with Crippen LogP contribution in [0.3, 0.4) is 0 Å². The Bertz CT molecular complexity index is 671. The normalized spacial score (nSPS) is 10.3. The molecule has 0 radical (unpaired) electrons. The van der Waals surface area contributed by atoms with Crippen molar-refractivity contribution in [1.29, 1.82) is 0 Å². The molecule has 2 nitrogen and oxygen atoms in total. The monoisotopic (exact) mass is 496 g/mol. The zero-order valence-electron chi connectivity index (χ0n) is 24.5. The summed E-state index contributed by atoms with van der Waals surface area (Å²) < 4.78 is 4.80. The van der Waals surface area contributed by atoms with E-state index >= 15 is 0 Å². The third kappa shape index (κ3) is 48.9. The first-order valence-corrected chi connectivity index (χ1v) is 14.2. The van der Waals surface area contributed by atoms with Gasteiger partial charge in [-0.05, 0) is 51.4 Å². The van der Waals surface area contributed by atoms with E-state index in [2.05, 4.69) is 107 Å². The van der Waals surface area contributed by atoms with Crippen molar-refractivity contribution < 1.29 is 9.53 Å². The van der Waals surface area contributed by atoms with Crippen LogP contribution in [0.15, 0.2) is 48.6 Å². The van der Waals surface area contributed by atoms with E-state index in [9.17, 15) is 4.79 Å². The molecule has 2 heteroatoms. The largest absolute Gasteiger partial charge is 0.466 e. The van der Waals surface area contributed by atoms with Gasteiger partial charge in [0, 0.05) is 19.8 Å². The van der Waals surface area contributed by atoms with Gasteiger partial charge in [-0.1, -0.05) is 114 Å². The maximum Gasteiger partial charge on any atom is 0.302 e. The van der Waals surface area contributed by atoms with E-state index in [1.807, 2.05) is 0 Å². The highest BCUT2D eigenvalue weighted by molar-refractivity contribution is 5.65. The van der Waals surface area contributed by atoms with Gasteiger partial charge >= 0.3 is 5.97 Å². The lowest BCUT2D eigenvalue weighted by molar-refractivity contribution is -0.141. The summed E-state index contributed by atoms with van der Waals surface area (Å²) in [6, 6.07) is 0. The summed E-state index contributed by atoms with van der Waals surface area (Å²) in [5.74, 6) is 11.9. The quantitative estimate of drug-likeness (QED) is 0.0975. The van der Waals surface area contributed by atoms with E-state index in [0.717, 1.165) is 57.8 Å². The molecule has 0 heterocycles. The molecular weight excluding hydrogens is 440 g/mol. The maximum absolute atomic E-state index is 10.4. The number of hydrogen-bond donors (Lipinski definition) is 0. The zero-order valence-corrected chi connectivity index (χ0v) is 24.5. The molecule has 0 aliphatic carbocycles. The van der Waals surface area contributed by atoms with Gasteiger partial charge in [0.25, 0.3) is 0 Å². The third-order valence-electron chi connectivity index (χ3n) is 4.49. The molecular formula is C34H56O2. The highest BCUT2D eigenvalue weighted by atomic mass is 16.5. The summed E-state index contributed by atoms with van der Waals surface area (Å²) in [7, 11) is 0. The Balaban J connectivity index is -0.000000459. The van der Waals surface area contributed by atoms with E-state index in [-0.39, 0.29) is 5.97 Å². The fraction of sp³-hybridized carbons (Fsp3) is 0.618. The maximum atomic E-state index is 10.4. The van der Waals surface area contributed by atoms with Gasteiger partial charge in [-0.15, -0.1) is 11.8 Å². The molecule has 0 aromatic rings. The second kappa shape index (κ2) is 39.8. The van der Waals surface area contributed by atoms with Crippen LogP contribution in [0.1, 0.15) is 131 Å². The topological polar surface area (TPSA) is 26.3 Å². The highest BCUT2D eigenvalue weighted by Crippen LogP contribution is 1.97. The minimum Gasteiger partial charge on any atom is -0.466 e. The third-order valence-corrected chi connectivity index (χ3v) is 4.49. The van der Waals surface area contributed by atoms with Crippen molar-refractivity contribution in [3.8, 4) is 23.7 Å². The summed E-state index contributed by atoms with van der Waals surface area (Å²) in [5.41, 5.74) is 0. The average molecular weight is 497 g/mol. The summed E-state index contributed by atoms with van der Waals surface area (Å²) in [4.78, 5) is 10.4. The Morgan fingerprint density at radius 2 is 1.17 bits per heavy atom. The average Bonchev–Trinajstić information content (AvgIpc) is 2.87. The first-order chi connectivity index (χ1) is 17.6. The summed E-state index contributed by atoms with van der Waals surface area (Å²) in [6.45, 7) is 12.7. The van der Waals surface area contributed by atoms with E-state index in [4.69, 9.17) is 4.74 Å². The summed E-state index contributed by atoms with van der Waals surface area (Å²) >= 11 is 0. The van der Waals surface area contributed by atoms with Gasteiger partial charge in [-0.25, -0.2) is 0 Å². The van der Waals surface area contributed by atoms with Gasteiger partial charge in [0.2, 0.25) is 0 Å². The Hall–Kier alpha value is -2.45. The van der Waals surface area contributed by atoms with Crippen molar-refractivity contribution in [1.82, 2.24) is 0 Å². The molecule has 0 bridgehead atoms. The molecule has 0 aromatic carbocycles. The van der Waals surface area contributed by atoms with Gasteiger partial charge in [0.15, 0.2) is 0 Å². The lowest BCUT2D eigenvalue weighted by Gasteiger charge is -1.97. The summed E-state index contributed by atoms with van der Waals surface area (Å²) in [6.07, 6.45) is 32.8. The van der Waals surface area contributed by atoms with E-state index in [1.165, 1.54) is 39.0 Å². The predicted molar refractivity (Wildman–Crippen MR) is 162 cm³/mol. The molecule has 0 rings (SSSR count). The molecule has 0 N–H and O–H groups in total. The minimum atomic E-state index is -0.195. The van der Waals surface area contributed by atoms with Crippen LogP contribution in [0.25, 0.3) is 0 Å². The molecule has 0 aliphatic rings. The molecule has 36 heavy (non-hydrogen) atoms. The van der Waals surface area contributed by atoms with E-state index in [0.29, 0.717) is 6.61 Å². The Morgan fingerprint density at radius 3 is 1.67 bits per heavy atom. The van der Waals surface area contributed by atoms with Gasteiger partial charge in [0.05, 0.1) is 13.0 Å². The fourth-order valence-corrected chi connectivity index (χ4v) is 2.50. The Morgan fingerprint density at radius 1 is 0.639 bits per heavy atom. The van der Waals surface area contributed by atoms with Crippen molar-refractivity contribution in [3.05, 3.63) is 48.6 Å². The van der Waals surface area contributed by atoms with Crippen molar-refractivity contribution in [2.75, 3.05) is 6.61 Å². The van der Waals surface area contributed by atoms with Crippen molar-refractivity contribution in [2.24, 2.45) is 0 Å². The molecule has 0 aliphatic heterocycles. The molecule has 0 aromatic heterocycles.